The van der Waals surface area contributed by atoms with Crippen LogP contribution in [0.3, 0.4) is 0 Å². The molecule has 0 aliphatic carbocycles. The van der Waals surface area contributed by atoms with Gasteiger partial charge < -0.3 is 4.57 Å². The molecule has 78 valence electrons. The van der Waals surface area contributed by atoms with Crippen molar-refractivity contribution < 1.29 is 0 Å². The maximum absolute atomic E-state index is 11.6. The number of rotatable bonds is 2. The van der Waals surface area contributed by atoms with Crippen molar-refractivity contribution in [3.63, 3.8) is 0 Å². The fourth-order valence-electron chi connectivity index (χ4n) is 1.16. The summed E-state index contributed by atoms with van der Waals surface area (Å²) < 4.78 is 2.65. The van der Waals surface area contributed by atoms with Crippen LogP contribution in [0.2, 0.25) is 4.47 Å². The van der Waals surface area contributed by atoms with Gasteiger partial charge in [0.2, 0.25) is 0 Å². The number of thiazole rings is 1. The average molecular weight is 306 g/mol. The van der Waals surface area contributed by atoms with Crippen molar-refractivity contribution in [2.24, 2.45) is 0 Å². The Morgan fingerprint density at radius 2 is 2.40 bits per heavy atom. The van der Waals surface area contributed by atoms with Gasteiger partial charge >= 0.3 is 0 Å². The lowest BCUT2D eigenvalue weighted by Gasteiger charge is -2.02. The molecule has 0 aliphatic rings. The van der Waals surface area contributed by atoms with E-state index in [1.54, 1.807) is 23.0 Å². The molecule has 2 aromatic rings. The van der Waals surface area contributed by atoms with Crippen molar-refractivity contribution in [3.05, 3.63) is 48.7 Å². The first kappa shape index (κ1) is 10.9. The van der Waals surface area contributed by atoms with Gasteiger partial charge in [0, 0.05) is 17.3 Å². The molecule has 0 saturated heterocycles. The summed E-state index contributed by atoms with van der Waals surface area (Å²) >= 11 is 10.3. The van der Waals surface area contributed by atoms with E-state index in [-0.39, 0.29) is 5.56 Å². The van der Waals surface area contributed by atoms with Crippen LogP contribution in [-0.4, -0.2) is 9.55 Å². The minimum absolute atomic E-state index is 0.0537. The van der Waals surface area contributed by atoms with Gasteiger partial charge in [0.1, 0.15) is 0 Å². The lowest BCUT2D eigenvalue weighted by atomic mass is 10.4. The highest BCUT2D eigenvalue weighted by Crippen LogP contribution is 2.18. The summed E-state index contributed by atoms with van der Waals surface area (Å²) in [5.41, 5.74) is -0.0537. The Bertz CT molecular complexity index is 537. The smallest absolute Gasteiger partial charge is 0.265 e. The van der Waals surface area contributed by atoms with E-state index in [9.17, 15) is 4.79 Å². The molecule has 2 rings (SSSR count). The molecular weight excluding hydrogens is 300 g/mol. The molecular formula is C9H6BrClN2OS. The molecule has 3 nitrogen and oxygen atoms in total. The van der Waals surface area contributed by atoms with Crippen LogP contribution in [0.25, 0.3) is 0 Å². The fraction of sp³-hybridized carbons (Fsp3) is 0.111. The van der Waals surface area contributed by atoms with E-state index in [1.165, 1.54) is 11.3 Å². The van der Waals surface area contributed by atoms with Crippen LogP contribution in [0.4, 0.5) is 0 Å². The van der Waals surface area contributed by atoms with Gasteiger partial charge in [-0.1, -0.05) is 11.6 Å². The summed E-state index contributed by atoms with van der Waals surface area (Å²) in [6, 6.07) is 3.53. The number of aromatic nitrogens is 2. The summed E-state index contributed by atoms with van der Waals surface area (Å²) in [5, 5.41) is 0. The molecule has 0 bridgehead atoms. The molecule has 2 aromatic heterocycles. The molecule has 0 radical (unpaired) electrons. The molecule has 15 heavy (non-hydrogen) atoms. The molecule has 2 heterocycles. The highest BCUT2D eigenvalue weighted by Gasteiger charge is 2.03. The van der Waals surface area contributed by atoms with Gasteiger partial charge in [-0.15, -0.1) is 11.3 Å². The number of halogens is 2. The van der Waals surface area contributed by atoms with Gasteiger partial charge in [-0.05, 0) is 28.1 Å². The Balaban J connectivity index is 2.32. The standard InChI is InChI=1S/C9H6BrClN2OS/c10-7-2-1-3-13(8(7)14)5-6-4-12-9(11)15-6/h1-4H,5H2. The van der Waals surface area contributed by atoms with E-state index in [0.29, 0.717) is 15.5 Å². The van der Waals surface area contributed by atoms with Crippen molar-refractivity contribution in [2.75, 3.05) is 0 Å². The molecule has 0 atom stereocenters. The maximum Gasteiger partial charge on any atom is 0.265 e. The van der Waals surface area contributed by atoms with Crippen molar-refractivity contribution in [1.82, 2.24) is 9.55 Å². The minimum atomic E-state index is -0.0537. The number of hydrogen-bond donors (Lipinski definition) is 0. The van der Waals surface area contributed by atoms with E-state index < -0.39 is 0 Å². The van der Waals surface area contributed by atoms with Crippen LogP contribution in [0.5, 0.6) is 0 Å². The lowest BCUT2D eigenvalue weighted by molar-refractivity contribution is 0.764. The first-order chi connectivity index (χ1) is 7.16. The topological polar surface area (TPSA) is 34.9 Å². The Hall–Kier alpha value is -0.650. The first-order valence-electron chi connectivity index (χ1n) is 4.12. The normalized spacial score (nSPS) is 10.5. The second kappa shape index (κ2) is 4.47. The second-order valence-electron chi connectivity index (χ2n) is 2.87. The monoisotopic (exact) mass is 304 g/mol. The SMILES string of the molecule is O=c1c(Br)cccn1Cc1cnc(Cl)s1. The quantitative estimate of drug-likeness (QED) is 0.855. The average Bonchev–Trinajstić information content (AvgIpc) is 2.59. The van der Waals surface area contributed by atoms with Crippen LogP contribution in [0, 0.1) is 0 Å². The van der Waals surface area contributed by atoms with Crippen molar-refractivity contribution in [2.45, 2.75) is 6.54 Å². The summed E-state index contributed by atoms with van der Waals surface area (Å²) in [4.78, 5) is 16.5. The molecule has 0 fully saturated rings. The summed E-state index contributed by atoms with van der Waals surface area (Å²) in [7, 11) is 0. The first-order valence-corrected chi connectivity index (χ1v) is 6.11. The van der Waals surface area contributed by atoms with Crippen LogP contribution in [-0.2, 0) is 6.54 Å². The summed E-state index contributed by atoms with van der Waals surface area (Å²) in [6.07, 6.45) is 3.42. The number of hydrogen-bond acceptors (Lipinski definition) is 3. The fourth-order valence-corrected chi connectivity index (χ4v) is 2.51. The molecule has 0 amide bonds. The Kier molecular flexibility index (Phi) is 3.23. The zero-order chi connectivity index (χ0) is 10.8. The third-order valence-electron chi connectivity index (χ3n) is 1.83. The number of pyridine rings is 1. The predicted molar refractivity (Wildman–Crippen MR) is 64.6 cm³/mol. The molecule has 0 unspecified atom stereocenters. The van der Waals surface area contributed by atoms with Crippen LogP contribution < -0.4 is 5.56 Å². The molecule has 0 aromatic carbocycles. The van der Waals surface area contributed by atoms with Crippen molar-refractivity contribution >= 4 is 38.9 Å². The third-order valence-corrected chi connectivity index (χ3v) is 3.53. The minimum Gasteiger partial charge on any atom is -0.309 e. The van der Waals surface area contributed by atoms with Gasteiger partial charge in [-0.2, -0.15) is 0 Å². The van der Waals surface area contributed by atoms with Gasteiger partial charge in [0.05, 0.1) is 11.0 Å². The lowest BCUT2D eigenvalue weighted by Crippen LogP contribution is -2.19. The van der Waals surface area contributed by atoms with Crippen LogP contribution in [0.1, 0.15) is 4.88 Å². The van der Waals surface area contributed by atoms with E-state index in [0.717, 1.165) is 4.88 Å². The second-order valence-corrected chi connectivity index (χ2v) is 5.42. The van der Waals surface area contributed by atoms with Crippen molar-refractivity contribution in [3.8, 4) is 0 Å². The number of nitrogens with zero attached hydrogens (tertiary/aromatic N) is 2. The van der Waals surface area contributed by atoms with E-state index in [2.05, 4.69) is 20.9 Å². The van der Waals surface area contributed by atoms with E-state index >= 15 is 0 Å². The van der Waals surface area contributed by atoms with Gasteiger partial charge in [0.25, 0.3) is 5.56 Å². The molecule has 0 spiro atoms. The zero-order valence-electron chi connectivity index (χ0n) is 7.48. The molecule has 0 aliphatic heterocycles. The van der Waals surface area contributed by atoms with Crippen molar-refractivity contribution in [1.29, 1.82) is 0 Å². The molecule has 6 heteroatoms. The van der Waals surface area contributed by atoms with Gasteiger partial charge in [-0.25, -0.2) is 4.98 Å². The van der Waals surface area contributed by atoms with E-state index in [4.69, 9.17) is 11.6 Å². The highest BCUT2D eigenvalue weighted by molar-refractivity contribution is 9.10. The van der Waals surface area contributed by atoms with Gasteiger partial charge in [0.15, 0.2) is 4.47 Å². The Labute approximate surface area is 103 Å². The Morgan fingerprint density at radius 3 is 3.07 bits per heavy atom. The van der Waals surface area contributed by atoms with Gasteiger partial charge in [-0.3, -0.25) is 4.79 Å². The molecule has 0 N–H and O–H groups in total. The predicted octanol–water partition coefficient (Wildman–Crippen LogP) is 2.77. The maximum atomic E-state index is 11.6. The van der Waals surface area contributed by atoms with Crippen LogP contribution >= 0.6 is 38.9 Å². The zero-order valence-corrected chi connectivity index (χ0v) is 10.6. The highest BCUT2D eigenvalue weighted by atomic mass is 79.9. The van der Waals surface area contributed by atoms with E-state index in [1.807, 2.05) is 6.07 Å². The third kappa shape index (κ3) is 2.48. The Morgan fingerprint density at radius 1 is 1.60 bits per heavy atom. The molecule has 0 saturated carbocycles. The summed E-state index contributed by atoms with van der Waals surface area (Å²) in [5.74, 6) is 0. The van der Waals surface area contributed by atoms with Crippen LogP contribution in [0.15, 0.2) is 33.8 Å². The summed E-state index contributed by atoms with van der Waals surface area (Å²) in [6.45, 7) is 0.503. The largest absolute Gasteiger partial charge is 0.309 e.